The van der Waals surface area contributed by atoms with Crippen LogP contribution >= 0.6 is 24.0 Å². The lowest BCUT2D eigenvalue weighted by molar-refractivity contribution is 0.316. The molecule has 0 bridgehead atoms. The van der Waals surface area contributed by atoms with Gasteiger partial charge in [-0.1, -0.05) is 6.42 Å². The van der Waals surface area contributed by atoms with Gasteiger partial charge in [0.1, 0.15) is 0 Å². The lowest BCUT2D eigenvalue weighted by Gasteiger charge is -2.39. The van der Waals surface area contributed by atoms with E-state index in [1.54, 1.807) is 13.8 Å². The fraction of sp³-hybridized carbons (Fsp3) is 0.938. The van der Waals surface area contributed by atoms with E-state index in [2.05, 4.69) is 15.0 Å². The van der Waals surface area contributed by atoms with Crippen LogP contribution < -0.4 is 10.0 Å². The molecule has 160 valence electrons. The zero-order chi connectivity index (χ0) is 19.4. The predicted molar refractivity (Wildman–Crippen MR) is 120 cm³/mol. The number of halogens is 1. The number of sulfonamides is 1. The van der Waals surface area contributed by atoms with E-state index in [9.17, 15) is 16.8 Å². The zero-order valence-electron chi connectivity index (χ0n) is 16.4. The Kier molecular flexibility index (Phi) is 9.28. The van der Waals surface area contributed by atoms with Gasteiger partial charge in [0.2, 0.25) is 10.0 Å². The Labute approximate surface area is 180 Å². The van der Waals surface area contributed by atoms with Gasteiger partial charge in [-0.25, -0.2) is 21.6 Å². The maximum atomic E-state index is 12.2. The minimum atomic E-state index is -3.33. The molecule has 2 aliphatic rings. The van der Waals surface area contributed by atoms with Crippen molar-refractivity contribution in [2.45, 2.75) is 44.8 Å². The largest absolute Gasteiger partial charge is 0.357 e. The van der Waals surface area contributed by atoms with Crippen molar-refractivity contribution in [3.8, 4) is 0 Å². The van der Waals surface area contributed by atoms with Crippen molar-refractivity contribution in [3.63, 3.8) is 0 Å². The topological polar surface area (TPSA) is 108 Å². The lowest BCUT2D eigenvalue weighted by atomic mass is 9.86. The summed E-state index contributed by atoms with van der Waals surface area (Å²) in [7, 11) is -6.46. The lowest BCUT2D eigenvalue weighted by Crippen LogP contribution is -2.57. The Morgan fingerprint density at radius 2 is 1.96 bits per heavy atom. The third-order valence-corrected chi connectivity index (χ3v) is 8.98. The molecule has 0 aromatic heterocycles. The molecule has 1 saturated heterocycles. The van der Waals surface area contributed by atoms with E-state index in [4.69, 9.17) is 0 Å². The highest BCUT2D eigenvalue weighted by atomic mass is 127. The predicted octanol–water partition coefficient (Wildman–Crippen LogP) is 0.798. The maximum absolute atomic E-state index is 12.2. The van der Waals surface area contributed by atoms with Crippen LogP contribution in [0.25, 0.3) is 0 Å². The zero-order valence-corrected chi connectivity index (χ0v) is 20.4. The number of hydrogen-bond acceptors (Lipinski definition) is 5. The second-order valence-corrected chi connectivity index (χ2v) is 12.4. The van der Waals surface area contributed by atoms with Gasteiger partial charge < -0.3 is 10.2 Å². The molecule has 2 rings (SSSR count). The van der Waals surface area contributed by atoms with Crippen molar-refractivity contribution in [3.05, 3.63) is 0 Å². The number of nitrogens with zero attached hydrogens (tertiary/aromatic N) is 2. The number of aliphatic imine (C=N–C) groups is 1. The Balaban J connectivity index is 0.00000364. The van der Waals surface area contributed by atoms with Gasteiger partial charge in [-0.2, -0.15) is 0 Å². The number of guanidine groups is 1. The monoisotopic (exact) mass is 536 g/mol. The van der Waals surface area contributed by atoms with Crippen LogP contribution in [0.5, 0.6) is 0 Å². The highest BCUT2D eigenvalue weighted by molar-refractivity contribution is 14.0. The summed E-state index contributed by atoms with van der Waals surface area (Å²) in [5.74, 6) is 1.06. The summed E-state index contributed by atoms with van der Waals surface area (Å²) in [5.41, 5.74) is 0. The third-order valence-electron chi connectivity index (χ3n) is 5.12. The van der Waals surface area contributed by atoms with Crippen molar-refractivity contribution < 1.29 is 16.8 Å². The molecule has 2 N–H and O–H groups in total. The van der Waals surface area contributed by atoms with Gasteiger partial charge in [-0.3, -0.25) is 4.99 Å². The summed E-state index contributed by atoms with van der Waals surface area (Å²) in [6.07, 6.45) is 3.38. The molecule has 0 amide bonds. The molecular weight excluding hydrogens is 503 g/mol. The molecule has 27 heavy (non-hydrogen) atoms. The molecule has 8 nitrogen and oxygen atoms in total. The fourth-order valence-corrected chi connectivity index (χ4v) is 5.37. The van der Waals surface area contributed by atoms with Crippen LogP contribution in [0.2, 0.25) is 0 Å². The normalized spacial score (nSPS) is 22.6. The van der Waals surface area contributed by atoms with Crippen molar-refractivity contribution in [1.82, 2.24) is 14.9 Å². The van der Waals surface area contributed by atoms with Crippen LogP contribution in [0, 0.1) is 5.92 Å². The summed E-state index contributed by atoms with van der Waals surface area (Å²) in [6.45, 7) is 7.36. The molecule has 1 aliphatic heterocycles. The highest BCUT2D eigenvalue weighted by Gasteiger charge is 2.40. The first kappa shape index (κ1) is 24.9. The summed E-state index contributed by atoms with van der Waals surface area (Å²) in [4.78, 5) is 6.32. The van der Waals surface area contributed by atoms with Gasteiger partial charge in [0.15, 0.2) is 15.8 Å². The summed E-state index contributed by atoms with van der Waals surface area (Å²) in [6, 6.07) is 0. The van der Waals surface area contributed by atoms with E-state index in [-0.39, 0.29) is 42.0 Å². The summed E-state index contributed by atoms with van der Waals surface area (Å²) >= 11 is 0. The SMILES string of the molecule is CCNC(=NCCS(=O)(=O)NCC1CCC1)N1CCS(=O)(=O)C(C)(C)C1.I. The molecule has 0 aromatic rings. The second kappa shape index (κ2) is 10.1. The van der Waals surface area contributed by atoms with Crippen molar-refractivity contribution >= 4 is 49.8 Å². The summed E-state index contributed by atoms with van der Waals surface area (Å²) in [5, 5.41) is 3.14. The van der Waals surface area contributed by atoms with Crippen LogP contribution in [0.15, 0.2) is 4.99 Å². The number of nitrogens with one attached hydrogen (secondary N) is 2. The molecule has 0 spiro atoms. The van der Waals surface area contributed by atoms with Crippen molar-refractivity contribution in [2.24, 2.45) is 10.9 Å². The van der Waals surface area contributed by atoms with Gasteiger partial charge in [-0.15, -0.1) is 24.0 Å². The Hall–Kier alpha value is -0.140. The molecule has 0 radical (unpaired) electrons. The minimum absolute atomic E-state index is 0. The van der Waals surface area contributed by atoms with Gasteiger partial charge in [-0.05, 0) is 39.5 Å². The van der Waals surface area contributed by atoms with Gasteiger partial charge >= 0.3 is 0 Å². The molecule has 1 heterocycles. The average molecular weight is 537 g/mol. The van der Waals surface area contributed by atoms with Gasteiger partial charge in [0.05, 0.1) is 22.8 Å². The van der Waals surface area contributed by atoms with E-state index in [0.29, 0.717) is 38.1 Å². The molecule has 2 fully saturated rings. The molecule has 0 unspecified atom stereocenters. The van der Waals surface area contributed by atoms with Crippen LogP contribution in [0.1, 0.15) is 40.0 Å². The standard InChI is InChI=1S/C16H32N4O4S2.HI/c1-4-17-15(20-9-11-25(21,22)16(2,3)13-20)18-8-10-26(23,24)19-12-14-6-5-7-14;/h14,19H,4-13H2,1-3H3,(H,17,18);1H. The van der Waals surface area contributed by atoms with Crippen LogP contribution in [0.3, 0.4) is 0 Å². The fourth-order valence-electron chi connectivity index (χ4n) is 3.04. The van der Waals surface area contributed by atoms with Crippen LogP contribution in [-0.4, -0.2) is 76.7 Å². The van der Waals surface area contributed by atoms with Crippen LogP contribution in [0.4, 0.5) is 0 Å². The molecule has 0 aromatic carbocycles. The van der Waals surface area contributed by atoms with Gasteiger partial charge in [0.25, 0.3) is 0 Å². The van der Waals surface area contributed by atoms with E-state index < -0.39 is 24.6 Å². The minimum Gasteiger partial charge on any atom is -0.357 e. The van der Waals surface area contributed by atoms with Gasteiger partial charge in [0, 0.05) is 26.2 Å². The summed E-state index contributed by atoms with van der Waals surface area (Å²) < 4.78 is 50.3. The number of rotatable bonds is 7. The third kappa shape index (κ3) is 7.00. The first-order valence-electron chi connectivity index (χ1n) is 9.29. The van der Waals surface area contributed by atoms with Crippen molar-refractivity contribution in [2.75, 3.05) is 44.2 Å². The highest BCUT2D eigenvalue weighted by Crippen LogP contribution is 2.25. The Bertz CT molecular complexity index is 719. The molecular formula is C16H33IN4O4S2. The average Bonchev–Trinajstić information content (AvgIpc) is 2.47. The molecule has 1 aliphatic carbocycles. The number of sulfone groups is 1. The van der Waals surface area contributed by atoms with E-state index in [1.165, 1.54) is 6.42 Å². The first-order chi connectivity index (χ1) is 12.1. The molecule has 1 saturated carbocycles. The van der Waals surface area contributed by atoms with Crippen LogP contribution in [-0.2, 0) is 19.9 Å². The second-order valence-electron chi connectivity index (χ2n) is 7.70. The Morgan fingerprint density at radius 1 is 1.30 bits per heavy atom. The molecule has 11 heteroatoms. The smallest absolute Gasteiger partial charge is 0.213 e. The maximum Gasteiger partial charge on any atom is 0.213 e. The van der Waals surface area contributed by atoms with E-state index in [1.807, 2.05) is 11.8 Å². The quantitative estimate of drug-likeness (QED) is 0.283. The number of hydrogen-bond donors (Lipinski definition) is 2. The first-order valence-corrected chi connectivity index (χ1v) is 12.6. The molecule has 0 atom stereocenters. The Morgan fingerprint density at radius 3 is 2.48 bits per heavy atom. The van der Waals surface area contributed by atoms with E-state index in [0.717, 1.165) is 12.8 Å². The van der Waals surface area contributed by atoms with Crippen molar-refractivity contribution in [1.29, 1.82) is 0 Å². The van der Waals surface area contributed by atoms with E-state index >= 15 is 0 Å².